The second-order valence-corrected chi connectivity index (χ2v) is 13.1. The van der Waals surface area contributed by atoms with Crippen molar-refractivity contribution in [3.05, 3.63) is 36.7 Å². The average Bonchev–Trinajstić information content (AvgIpc) is 3.70. The number of hydrogen-bond acceptors (Lipinski definition) is 12. The molecule has 1 unspecified atom stereocenters. The molecule has 4 N–H and O–H groups in total. The summed E-state index contributed by atoms with van der Waals surface area (Å²) in [4.78, 5) is 27.1. The van der Waals surface area contributed by atoms with Crippen LogP contribution < -0.4 is 20.2 Å². The lowest BCUT2D eigenvalue weighted by Crippen LogP contribution is -2.47. The van der Waals surface area contributed by atoms with E-state index in [0.29, 0.717) is 5.82 Å². The molecular weight excluding hydrogens is 603 g/mol. The standard InChI is InChI=1S/C27H36F2N7O7P/c1-15(2)41-22(37)16(3)34-44(39,43-18-9-7-6-8-10-18)40-13-27(29)23(38)26(4,28)24(42-27)36-14-31-19-20(35(5)17-11-12-17)32-25(30)33-21(19)36/h6-10,14-17,23-24,38H,11-13H2,1-5H3,(H,34,39)(H2,30,32,33)/t16-,23-,24+,26+,27+,44?/m0/s1. The lowest BCUT2D eigenvalue weighted by molar-refractivity contribution is -0.202. The quantitative estimate of drug-likeness (QED) is 0.194. The van der Waals surface area contributed by atoms with Crippen LogP contribution in [0.25, 0.3) is 11.2 Å². The molecule has 0 amide bonds. The van der Waals surface area contributed by atoms with Crippen molar-refractivity contribution in [1.29, 1.82) is 0 Å². The van der Waals surface area contributed by atoms with Crippen molar-refractivity contribution in [1.82, 2.24) is 24.6 Å². The van der Waals surface area contributed by atoms with E-state index in [1.54, 1.807) is 32.0 Å². The molecule has 0 spiro atoms. The van der Waals surface area contributed by atoms with E-state index < -0.39 is 56.3 Å². The largest absolute Gasteiger partial charge is 0.462 e. The number of aliphatic hydroxyl groups excluding tert-OH is 1. The van der Waals surface area contributed by atoms with Crippen LogP contribution in [0.1, 0.15) is 46.8 Å². The summed E-state index contributed by atoms with van der Waals surface area (Å²) in [6, 6.07) is 6.81. The lowest BCUT2D eigenvalue weighted by atomic mass is 9.97. The third kappa shape index (κ3) is 6.35. The van der Waals surface area contributed by atoms with Gasteiger partial charge in [0, 0.05) is 13.1 Å². The molecule has 0 bridgehead atoms. The molecule has 2 aromatic heterocycles. The number of carbonyl (C=O) groups is 1. The van der Waals surface area contributed by atoms with Gasteiger partial charge in [0.2, 0.25) is 5.95 Å². The minimum Gasteiger partial charge on any atom is -0.462 e. The second kappa shape index (κ2) is 11.8. The number of para-hydroxylation sites is 1. The number of nitrogens with one attached hydrogen (secondary N) is 1. The van der Waals surface area contributed by atoms with Gasteiger partial charge >= 0.3 is 13.7 Å². The number of anilines is 2. The van der Waals surface area contributed by atoms with E-state index in [0.717, 1.165) is 24.3 Å². The highest BCUT2D eigenvalue weighted by Crippen LogP contribution is 2.52. The Morgan fingerprint density at radius 1 is 1.27 bits per heavy atom. The molecule has 0 radical (unpaired) electrons. The first kappa shape index (κ1) is 32.0. The summed E-state index contributed by atoms with van der Waals surface area (Å²) < 4.78 is 69.0. The van der Waals surface area contributed by atoms with Gasteiger partial charge in [-0.25, -0.2) is 18.3 Å². The third-order valence-electron chi connectivity index (χ3n) is 7.29. The zero-order chi connectivity index (χ0) is 32.0. The maximum atomic E-state index is 16.3. The van der Waals surface area contributed by atoms with E-state index in [9.17, 15) is 14.5 Å². The molecule has 17 heteroatoms. The monoisotopic (exact) mass is 639 g/mol. The van der Waals surface area contributed by atoms with Gasteiger partial charge in [0.1, 0.15) is 18.4 Å². The summed E-state index contributed by atoms with van der Waals surface area (Å²) >= 11 is 0. The van der Waals surface area contributed by atoms with Gasteiger partial charge in [-0.1, -0.05) is 18.2 Å². The molecule has 2 aliphatic rings. The van der Waals surface area contributed by atoms with E-state index in [1.165, 1.54) is 25.4 Å². The maximum Gasteiger partial charge on any atom is 0.459 e. The van der Waals surface area contributed by atoms with Crippen molar-refractivity contribution in [2.24, 2.45) is 0 Å². The van der Waals surface area contributed by atoms with Crippen molar-refractivity contribution >= 4 is 36.6 Å². The van der Waals surface area contributed by atoms with Crippen molar-refractivity contribution in [3.8, 4) is 5.75 Å². The maximum absolute atomic E-state index is 16.3. The topological polar surface area (TPSA) is 176 Å². The number of esters is 1. The van der Waals surface area contributed by atoms with Crippen LogP contribution in [0.2, 0.25) is 0 Å². The Balaban J connectivity index is 1.41. The van der Waals surface area contributed by atoms with Gasteiger partial charge in [-0.15, -0.1) is 0 Å². The molecular formula is C27H36F2N7O7P. The SMILES string of the molecule is CC(C)OC(=O)[C@H](C)NP(=O)(OC[C@@]1(F)O[C@@H](n2cnc3c(N(C)C4CC4)nc(N)nc32)[C@](C)(F)[C@@H]1O)Oc1ccccc1. The van der Waals surface area contributed by atoms with Gasteiger partial charge < -0.3 is 29.7 Å². The van der Waals surface area contributed by atoms with Crippen LogP contribution in [-0.4, -0.2) is 80.1 Å². The number of rotatable bonds is 12. The van der Waals surface area contributed by atoms with Crippen LogP contribution in [0.5, 0.6) is 5.75 Å². The molecule has 44 heavy (non-hydrogen) atoms. The highest BCUT2D eigenvalue weighted by Gasteiger charge is 2.65. The van der Waals surface area contributed by atoms with E-state index in [4.69, 9.17) is 24.3 Å². The van der Waals surface area contributed by atoms with Gasteiger partial charge in [-0.2, -0.15) is 15.1 Å². The Morgan fingerprint density at radius 3 is 2.59 bits per heavy atom. The van der Waals surface area contributed by atoms with Crippen molar-refractivity contribution < 1.29 is 41.8 Å². The number of ether oxygens (including phenoxy) is 2. The number of nitrogens with zero attached hydrogens (tertiary/aromatic N) is 5. The van der Waals surface area contributed by atoms with Crippen LogP contribution in [0, 0.1) is 0 Å². The molecule has 3 heterocycles. The smallest absolute Gasteiger partial charge is 0.459 e. The number of hydrogen-bond donors (Lipinski definition) is 3. The summed E-state index contributed by atoms with van der Waals surface area (Å²) in [7, 11) is -2.75. The molecule has 240 valence electrons. The molecule has 6 atom stereocenters. The van der Waals surface area contributed by atoms with Crippen molar-refractivity contribution in [3.63, 3.8) is 0 Å². The molecule has 1 aromatic carbocycles. The van der Waals surface area contributed by atoms with Gasteiger partial charge in [0.15, 0.2) is 35.0 Å². The predicted molar refractivity (Wildman–Crippen MR) is 155 cm³/mol. The Morgan fingerprint density at radius 2 is 1.95 bits per heavy atom. The summed E-state index contributed by atoms with van der Waals surface area (Å²) in [5.41, 5.74) is 3.53. The summed E-state index contributed by atoms with van der Waals surface area (Å²) in [5.74, 6) is -3.65. The number of nitrogen functional groups attached to an aromatic ring is 1. The minimum absolute atomic E-state index is 0.0588. The molecule has 5 rings (SSSR count). The molecule has 1 aliphatic carbocycles. The first-order valence-corrected chi connectivity index (χ1v) is 15.6. The zero-order valence-corrected chi connectivity index (χ0v) is 25.8. The third-order valence-corrected chi connectivity index (χ3v) is 8.92. The van der Waals surface area contributed by atoms with Crippen LogP contribution in [-0.2, 0) is 23.4 Å². The fourth-order valence-electron chi connectivity index (χ4n) is 4.84. The number of halogens is 2. The van der Waals surface area contributed by atoms with Crippen molar-refractivity contribution in [2.75, 3.05) is 24.3 Å². The number of aromatic nitrogens is 4. The summed E-state index contributed by atoms with van der Waals surface area (Å²) in [5, 5.41) is 13.3. The average molecular weight is 640 g/mol. The Bertz CT molecular complexity index is 1560. The van der Waals surface area contributed by atoms with E-state index in [-0.39, 0.29) is 28.9 Å². The molecule has 2 fully saturated rings. The summed E-state index contributed by atoms with van der Waals surface area (Å²) in [6.07, 6.45) is -1.60. The minimum atomic E-state index is -4.57. The number of fused-ring (bicyclic) bond motifs is 1. The highest BCUT2D eigenvalue weighted by molar-refractivity contribution is 7.52. The highest BCUT2D eigenvalue weighted by atomic mass is 31.2. The van der Waals surface area contributed by atoms with Crippen LogP contribution in [0.3, 0.4) is 0 Å². The van der Waals surface area contributed by atoms with Crippen LogP contribution >= 0.6 is 7.75 Å². The zero-order valence-electron chi connectivity index (χ0n) is 24.9. The number of nitrogens with two attached hydrogens (primary N) is 1. The number of benzene rings is 1. The number of carbonyl (C=O) groups excluding carboxylic acids is 1. The lowest BCUT2D eigenvalue weighted by Gasteiger charge is -2.28. The van der Waals surface area contributed by atoms with E-state index in [2.05, 4.69) is 20.0 Å². The molecule has 1 saturated carbocycles. The molecule has 14 nitrogen and oxygen atoms in total. The van der Waals surface area contributed by atoms with Gasteiger partial charge in [0.05, 0.1) is 12.4 Å². The van der Waals surface area contributed by atoms with Crippen molar-refractivity contribution in [2.45, 2.75) is 82.6 Å². The fraction of sp³-hybridized carbons (Fsp3) is 0.556. The Kier molecular flexibility index (Phi) is 8.59. The molecule has 1 saturated heterocycles. The van der Waals surface area contributed by atoms with E-state index >= 15 is 8.78 Å². The van der Waals surface area contributed by atoms with Crippen LogP contribution in [0.4, 0.5) is 20.5 Å². The number of aliphatic hydroxyl groups is 1. The van der Waals surface area contributed by atoms with Crippen LogP contribution in [0.15, 0.2) is 36.7 Å². The Labute approximate surface area is 252 Å². The normalized spacial score (nSPS) is 27.3. The molecule has 1 aliphatic heterocycles. The van der Waals surface area contributed by atoms with Gasteiger partial charge in [-0.05, 0) is 52.7 Å². The van der Waals surface area contributed by atoms with E-state index in [1.807, 2.05) is 11.9 Å². The number of imidazole rings is 1. The predicted octanol–water partition coefficient (Wildman–Crippen LogP) is 3.42. The Hall–Kier alpha value is -3.43. The second-order valence-electron chi connectivity index (χ2n) is 11.4. The molecule has 3 aromatic rings. The number of alkyl halides is 2. The first-order chi connectivity index (χ1) is 20.6. The van der Waals surface area contributed by atoms with Gasteiger partial charge in [0.25, 0.3) is 5.85 Å². The van der Waals surface area contributed by atoms with Gasteiger partial charge in [-0.3, -0.25) is 13.9 Å². The first-order valence-electron chi connectivity index (χ1n) is 14.1. The summed E-state index contributed by atoms with van der Waals surface area (Å²) in [6.45, 7) is 4.30. The fourth-order valence-corrected chi connectivity index (χ4v) is 6.35.